The van der Waals surface area contributed by atoms with Crippen LogP contribution in [0.4, 0.5) is 0 Å². The summed E-state index contributed by atoms with van der Waals surface area (Å²) >= 11 is 1.64. The number of carbonyl (C=O) groups is 5. The third-order valence-electron chi connectivity index (χ3n) is 6.41. The van der Waals surface area contributed by atoms with E-state index < -0.39 is 54.6 Å². The summed E-state index contributed by atoms with van der Waals surface area (Å²) in [6, 6.07) is 17.3. The average molecular weight is 566 g/mol. The molecule has 0 aliphatic heterocycles. The second-order valence-electron chi connectivity index (χ2n) is 9.28. The number of rotatable bonds is 14. The number of hydrogen-bond acceptors (Lipinski definition) is 6. The maximum absolute atomic E-state index is 12.9. The first-order valence-electron chi connectivity index (χ1n) is 12.6. The maximum Gasteiger partial charge on any atom is 0.305 e. The molecule has 0 aliphatic rings. The highest BCUT2D eigenvalue weighted by atomic mass is 32.1. The van der Waals surface area contributed by atoms with Gasteiger partial charge in [-0.25, -0.2) is 0 Å². The molecule has 2 aromatic carbocycles. The minimum atomic E-state index is -1.41. The molecule has 1 heterocycles. The van der Waals surface area contributed by atoms with Gasteiger partial charge in [0.15, 0.2) is 0 Å². The van der Waals surface area contributed by atoms with E-state index in [1.54, 1.807) is 11.3 Å². The number of benzene rings is 2. The zero-order valence-electron chi connectivity index (χ0n) is 21.9. The number of carboxylic acids is 2. The minimum absolute atomic E-state index is 0.0225. The smallest absolute Gasteiger partial charge is 0.305 e. The van der Waals surface area contributed by atoms with Crippen molar-refractivity contribution in [3.05, 3.63) is 71.6 Å². The quantitative estimate of drug-likeness (QED) is 0.233. The van der Waals surface area contributed by atoms with Gasteiger partial charge in [0, 0.05) is 24.8 Å². The number of carbonyl (C=O) groups excluding carboxylic acids is 3. The Morgan fingerprint density at radius 2 is 1.57 bits per heavy atom. The van der Waals surface area contributed by atoms with E-state index in [9.17, 15) is 29.1 Å². The average Bonchev–Trinajstić information content (AvgIpc) is 3.43. The molecule has 0 bridgehead atoms. The monoisotopic (exact) mass is 565 g/mol. The first kappa shape index (κ1) is 30.0. The van der Waals surface area contributed by atoms with Crippen LogP contribution in [0.2, 0.25) is 0 Å². The second-order valence-corrected chi connectivity index (χ2v) is 10.2. The van der Waals surface area contributed by atoms with Gasteiger partial charge in [-0.05, 0) is 46.5 Å². The van der Waals surface area contributed by atoms with Crippen LogP contribution >= 0.6 is 11.3 Å². The van der Waals surface area contributed by atoms with E-state index in [1.807, 2.05) is 42.5 Å². The Hall–Kier alpha value is -4.51. The second kappa shape index (κ2) is 14.0. The van der Waals surface area contributed by atoms with E-state index in [2.05, 4.69) is 28.9 Å². The largest absolute Gasteiger partial charge is 0.481 e. The van der Waals surface area contributed by atoms with Crippen molar-refractivity contribution in [2.45, 2.75) is 44.2 Å². The van der Waals surface area contributed by atoms with Crippen LogP contribution in [0.5, 0.6) is 0 Å². The molecule has 10 nitrogen and oxygen atoms in total. The van der Waals surface area contributed by atoms with E-state index >= 15 is 0 Å². The van der Waals surface area contributed by atoms with Gasteiger partial charge in [0.25, 0.3) is 0 Å². The Kier molecular flexibility index (Phi) is 10.5. The SMILES string of the molecule is CN(C(=O)CCc1ccc(-c2cc(-c3ccccc3)cs2)cc1)[C@@H](CC(=O)O)C(=O)N[C@@H](CCC(=O)O)C(N)=O. The van der Waals surface area contributed by atoms with Crippen LogP contribution in [-0.2, 0) is 30.4 Å². The van der Waals surface area contributed by atoms with E-state index in [-0.39, 0.29) is 12.8 Å². The lowest BCUT2D eigenvalue weighted by Crippen LogP contribution is -2.54. The predicted molar refractivity (Wildman–Crippen MR) is 150 cm³/mol. The molecule has 210 valence electrons. The lowest BCUT2D eigenvalue weighted by atomic mass is 10.0. The van der Waals surface area contributed by atoms with Gasteiger partial charge in [-0.1, -0.05) is 54.6 Å². The first-order valence-corrected chi connectivity index (χ1v) is 13.4. The number of thiophene rings is 1. The Balaban J connectivity index is 1.61. The van der Waals surface area contributed by atoms with Crippen molar-refractivity contribution in [1.29, 1.82) is 0 Å². The normalized spacial score (nSPS) is 12.2. The molecule has 0 aliphatic carbocycles. The maximum atomic E-state index is 12.9. The number of nitrogens with two attached hydrogens (primary N) is 1. The summed E-state index contributed by atoms with van der Waals surface area (Å²) in [6.45, 7) is 0. The Bertz CT molecular complexity index is 1360. The van der Waals surface area contributed by atoms with Gasteiger partial charge in [0.1, 0.15) is 12.1 Å². The third kappa shape index (κ3) is 8.50. The summed E-state index contributed by atoms with van der Waals surface area (Å²) in [7, 11) is 1.32. The number of carboxylic acid groups (broad SMARTS) is 2. The fourth-order valence-electron chi connectivity index (χ4n) is 4.10. The van der Waals surface area contributed by atoms with Gasteiger partial charge in [0.2, 0.25) is 17.7 Å². The lowest BCUT2D eigenvalue weighted by Gasteiger charge is -2.28. The topological polar surface area (TPSA) is 167 Å². The minimum Gasteiger partial charge on any atom is -0.481 e. The Morgan fingerprint density at radius 1 is 0.900 bits per heavy atom. The van der Waals surface area contributed by atoms with Crippen molar-refractivity contribution in [2.24, 2.45) is 5.73 Å². The highest BCUT2D eigenvalue weighted by Gasteiger charge is 2.31. The van der Waals surface area contributed by atoms with E-state index in [0.717, 1.165) is 32.0 Å². The zero-order valence-corrected chi connectivity index (χ0v) is 22.7. The molecular formula is C29H31N3O7S. The van der Waals surface area contributed by atoms with Crippen molar-refractivity contribution in [2.75, 3.05) is 7.05 Å². The zero-order chi connectivity index (χ0) is 29.2. The van der Waals surface area contributed by atoms with Gasteiger partial charge in [-0.3, -0.25) is 24.0 Å². The number of nitrogens with zero attached hydrogens (tertiary/aromatic N) is 1. The van der Waals surface area contributed by atoms with Gasteiger partial charge < -0.3 is 26.2 Å². The molecule has 3 aromatic rings. The molecule has 40 heavy (non-hydrogen) atoms. The predicted octanol–water partition coefficient (Wildman–Crippen LogP) is 3.15. The molecule has 3 rings (SSSR count). The van der Waals surface area contributed by atoms with Crippen LogP contribution < -0.4 is 11.1 Å². The fourth-order valence-corrected chi connectivity index (χ4v) is 5.02. The third-order valence-corrected chi connectivity index (χ3v) is 7.39. The molecule has 1 aromatic heterocycles. The summed E-state index contributed by atoms with van der Waals surface area (Å²) in [5.74, 6) is -4.82. The standard InChI is InChI=1S/C29H31N3O7S/c1-32(23(16-27(36)37)29(39)31-22(28(30)38)12-14-26(34)35)25(33)13-9-18-7-10-20(11-8-18)24-15-21(17-40-24)19-5-3-2-4-6-19/h2-8,10-11,15,17,22-23H,9,12-14,16H2,1H3,(H2,30,38)(H,31,39)(H,34,35)(H,36,37)/t22-,23-/m0/s1. The summed E-state index contributed by atoms with van der Waals surface area (Å²) in [4.78, 5) is 61.7. The number of aliphatic carboxylic acids is 2. The van der Waals surface area contributed by atoms with E-state index in [1.165, 1.54) is 7.05 Å². The molecular weight excluding hydrogens is 534 g/mol. The molecule has 0 saturated carbocycles. The molecule has 0 radical (unpaired) electrons. The number of primary amides is 1. The van der Waals surface area contributed by atoms with Crippen LogP contribution in [0, 0.1) is 0 Å². The summed E-state index contributed by atoms with van der Waals surface area (Å²) in [5, 5.41) is 22.5. The highest BCUT2D eigenvalue weighted by molar-refractivity contribution is 7.14. The van der Waals surface area contributed by atoms with E-state index in [4.69, 9.17) is 10.8 Å². The Labute approximate surface area is 235 Å². The van der Waals surface area contributed by atoms with Crippen molar-refractivity contribution in [3.8, 4) is 21.6 Å². The summed E-state index contributed by atoms with van der Waals surface area (Å²) in [6.07, 6.45) is -0.991. The van der Waals surface area contributed by atoms with Crippen LogP contribution in [0.3, 0.4) is 0 Å². The van der Waals surface area contributed by atoms with Crippen molar-refractivity contribution in [3.63, 3.8) is 0 Å². The molecule has 11 heteroatoms. The molecule has 0 saturated heterocycles. The molecule has 0 unspecified atom stereocenters. The summed E-state index contributed by atoms with van der Waals surface area (Å²) in [5.41, 5.74) is 9.48. The number of amides is 3. The Morgan fingerprint density at radius 3 is 2.17 bits per heavy atom. The highest BCUT2D eigenvalue weighted by Crippen LogP contribution is 2.32. The van der Waals surface area contributed by atoms with Crippen LogP contribution in [0.1, 0.15) is 31.2 Å². The van der Waals surface area contributed by atoms with Gasteiger partial charge in [0.05, 0.1) is 6.42 Å². The molecule has 3 amide bonds. The molecule has 0 spiro atoms. The van der Waals surface area contributed by atoms with Gasteiger partial charge in [-0.2, -0.15) is 0 Å². The van der Waals surface area contributed by atoms with Crippen molar-refractivity contribution >= 4 is 41.0 Å². The fraction of sp³-hybridized carbons (Fsp3) is 0.276. The number of aryl methyl sites for hydroxylation is 1. The van der Waals surface area contributed by atoms with Crippen molar-refractivity contribution in [1.82, 2.24) is 10.2 Å². The first-order chi connectivity index (χ1) is 19.0. The van der Waals surface area contributed by atoms with Crippen LogP contribution in [0.15, 0.2) is 66.0 Å². The van der Waals surface area contributed by atoms with Gasteiger partial charge in [-0.15, -0.1) is 11.3 Å². The lowest BCUT2D eigenvalue weighted by molar-refractivity contribution is -0.146. The number of nitrogens with one attached hydrogen (secondary N) is 1. The molecule has 2 atom stereocenters. The van der Waals surface area contributed by atoms with Gasteiger partial charge >= 0.3 is 11.9 Å². The number of hydrogen-bond donors (Lipinski definition) is 4. The van der Waals surface area contributed by atoms with Crippen LogP contribution in [0.25, 0.3) is 21.6 Å². The van der Waals surface area contributed by atoms with E-state index in [0.29, 0.717) is 6.42 Å². The molecule has 5 N–H and O–H groups in total. The summed E-state index contributed by atoms with van der Waals surface area (Å²) < 4.78 is 0. The van der Waals surface area contributed by atoms with Crippen molar-refractivity contribution < 1.29 is 34.2 Å². The number of likely N-dealkylation sites (N-methyl/N-ethyl adjacent to an activating group) is 1. The molecule has 0 fully saturated rings. The van der Waals surface area contributed by atoms with Crippen LogP contribution in [-0.4, -0.2) is 63.9 Å².